The third-order valence-corrected chi connectivity index (χ3v) is 4.41. The zero-order valence-electron chi connectivity index (χ0n) is 14.8. The molecule has 0 saturated heterocycles. The molecule has 27 heavy (non-hydrogen) atoms. The first-order valence-electron chi connectivity index (χ1n) is 8.11. The fourth-order valence-corrected chi connectivity index (χ4v) is 3.03. The van der Waals surface area contributed by atoms with Gasteiger partial charge in [0.05, 0.1) is 12.9 Å². The number of H-pyrrole nitrogens is 1. The van der Waals surface area contributed by atoms with E-state index in [0.717, 1.165) is 18.2 Å². The zero-order chi connectivity index (χ0) is 19.8. The highest BCUT2D eigenvalue weighted by molar-refractivity contribution is 7.99. The second-order valence-corrected chi connectivity index (χ2v) is 6.33. The maximum absolute atomic E-state index is 12.3. The van der Waals surface area contributed by atoms with E-state index in [9.17, 15) is 18.4 Å². The molecule has 0 bridgehead atoms. The Bertz CT molecular complexity index is 825. The van der Waals surface area contributed by atoms with Crippen molar-refractivity contribution in [3.63, 3.8) is 0 Å². The summed E-state index contributed by atoms with van der Waals surface area (Å²) in [5.41, 5.74) is 0.354. The third-order valence-electron chi connectivity index (χ3n) is 3.44. The normalized spacial score (nSPS) is 10.9. The molecule has 0 spiro atoms. The Labute approximate surface area is 158 Å². The number of hydrogen-bond acceptors (Lipinski definition) is 6. The topological polar surface area (TPSA) is 98.2 Å². The van der Waals surface area contributed by atoms with Gasteiger partial charge in [0, 0.05) is 13.1 Å². The number of carbonyl (C=O) groups excluding carboxylic acids is 1. The Morgan fingerprint density at radius 3 is 2.85 bits per heavy atom. The highest BCUT2D eigenvalue weighted by Gasteiger charge is 2.13. The van der Waals surface area contributed by atoms with Crippen molar-refractivity contribution in [1.82, 2.24) is 20.1 Å². The lowest BCUT2D eigenvalue weighted by atomic mass is 10.2. The van der Waals surface area contributed by atoms with Gasteiger partial charge in [-0.3, -0.25) is 9.36 Å². The SMILES string of the molecule is CCCn1c(SCC(=O)NCc2ccc(OC(F)F)c(OC)c2)n[nH]c1=O. The van der Waals surface area contributed by atoms with Crippen LogP contribution in [0.3, 0.4) is 0 Å². The quantitative estimate of drug-likeness (QED) is 0.590. The van der Waals surface area contributed by atoms with Crippen molar-refractivity contribution in [3.05, 3.63) is 34.2 Å². The van der Waals surface area contributed by atoms with Crippen LogP contribution in [0.1, 0.15) is 18.9 Å². The minimum Gasteiger partial charge on any atom is -0.493 e. The number of aromatic amines is 1. The van der Waals surface area contributed by atoms with Crippen LogP contribution in [0.15, 0.2) is 28.2 Å². The number of aromatic nitrogens is 3. The summed E-state index contributed by atoms with van der Waals surface area (Å²) in [5.74, 6) is -0.106. The number of nitrogens with one attached hydrogen (secondary N) is 2. The van der Waals surface area contributed by atoms with Crippen molar-refractivity contribution < 1.29 is 23.0 Å². The van der Waals surface area contributed by atoms with E-state index in [2.05, 4.69) is 20.3 Å². The van der Waals surface area contributed by atoms with Gasteiger partial charge in [0.25, 0.3) is 0 Å². The molecular weight excluding hydrogens is 382 g/mol. The van der Waals surface area contributed by atoms with Gasteiger partial charge in [0.1, 0.15) is 0 Å². The highest BCUT2D eigenvalue weighted by atomic mass is 32.2. The number of carbonyl (C=O) groups is 1. The number of ether oxygens (including phenoxy) is 2. The lowest BCUT2D eigenvalue weighted by molar-refractivity contribution is -0.118. The molecule has 2 aromatic rings. The van der Waals surface area contributed by atoms with E-state index >= 15 is 0 Å². The van der Waals surface area contributed by atoms with E-state index in [0.29, 0.717) is 17.3 Å². The van der Waals surface area contributed by atoms with Crippen LogP contribution in [-0.2, 0) is 17.9 Å². The first-order chi connectivity index (χ1) is 12.9. The molecule has 1 aromatic heterocycles. The average molecular weight is 402 g/mol. The maximum Gasteiger partial charge on any atom is 0.387 e. The third kappa shape index (κ3) is 5.98. The summed E-state index contributed by atoms with van der Waals surface area (Å²) < 4.78 is 35.5. The molecule has 2 rings (SSSR count). The molecule has 2 N–H and O–H groups in total. The molecule has 0 unspecified atom stereocenters. The molecule has 1 amide bonds. The molecule has 0 aliphatic carbocycles. The van der Waals surface area contributed by atoms with Gasteiger partial charge >= 0.3 is 12.3 Å². The number of benzene rings is 1. The Kier molecular flexibility index (Phi) is 7.65. The van der Waals surface area contributed by atoms with E-state index in [1.165, 1.54) is 23.8 Å². The van der Waals surface area contributed by atoms with Crippen molar-refractivity contribution in [2.75, 3.05) is 12.9 Å². The van der Waals surface area contributed by atoms with Crippen molar-refractivity contribution in [1.29, 1.82) is 0 Å². The molecule has 0 aliphatic rings. The summed E-state index contributed by atoms with van der Waals surface area (Å²) in [5, 5.41) is 9.42. The van der Waals surface area contributed by atoms with Crippen LogP contribution in [0, 0.1) is 0 Å². The lowest BCUT2D eigenvalue weighted by Crippen LogP contribution is -2.25. The van der Waals surface area contributed by atoms with E-state index in [1.54, 1.807) is 6.07 Å². The molecule has 8 nitrogen and oxygen atoms in total. The number of alkyl halides is 2. The molecule has 1 heterocycles. The number of hydrogen-bond donors (Lipinski definition) is 2. The van der Waals surface area contributed by atoms with Crippen LogP contribution < -0.4 is 20.5 Å². The van der Waals surface area contributed by atoms with Gasteiger partial charge in [0.2, 0.25) is 5.91 Å². The summed E-state index contributed by atoms with van der Waals surface area (Å²) in [7, 11) is 1.34. The highest BCUT2D eigenvalue weighted by Crippen LogP contribution is 2.29. The molecule has 0 saturated carbocycles. The van der Waals surface area contributed by atoms with Crippen LogP contribution >= 0.6 is 11.8 Å². The Balaban J connectivity index is 1.89. The van der Waals surface area contributed by atoms with Gasteiger partial charge in [-0.15, -0.1) is 5.10 Å². The summed E-state index contributed by atoms with van der Waals surface area (Å²) in [4.78, 5) is 23.6. The molecule has 0 aliphatic heterocycles. The summed E-state index contributed by atoms with van der Waals surface area (Å²) in [6.45, 7) is -0.306. The molecule has 148 valence electrons. The summed E-state index contributed by atoms with van der Waals surface area (Å²) in [6.07, 6.45) is 0.770. The van der Waals surface area contributed by atoms with Crippen molar-refractivity contribution in [2.24, 2.45) is 0 Å². The average Bonchev–Trinajstić information content (AvgIpc) is 2.99. The monoisotopic (exact) mass is 402 g/mol. The maximum atomic E-state index is 12.3. The van der Waals surface area contributed by atoms with Crippen LogP contribution in [-0.4, -0.2) is 40.1 Å². The van der Waals surface area contributed by atoms with Gasteiger partial charge in [-0.1, -0.05) is 24.8 Å². The molecule has 0 radical (unpaired) electrons. The number of methoxy groups -OCH3 is 1. The van der Waals surface area contributed by atoms with Crippen molar-refractivity contribution in [2.45, 2.75) is 38.2 Å². The van der Waals surface area contributed by atoms with Gasteiger partial charge in [-0.2, -0.15) is 8.78 Å². The largest absolute Gasteiger partial charge is 0.493 e. The summed E-state index contributed by atoms with van der Waals surface area (Å²) in [6, 6.07) is 4.42. The number of amides is 1. The standard InChI is InChI=1S/C16H20F2N4O4S/c1-3-6-22-15(24)20-21-16(22)27-9-13(23)19-8-10-4-5-11(26-14(17)18)12(7-10)25-2/h4-5,7,14H,3,6,8-9H2,1-2H3,(H,19,23)(H,20,24). The molecular formula is C16H20F2N4O4S. The second kappa shape index (κ2) is 9.95. The second-order valence-electron chi connectivity index (χ2n) is 5.39. The summed E-state index contributed by atoms with van der Waals surface area (Å²) >= 11 is 1.15. The molecule has 0 fully saturated rings. The first-order valence-corrected chi connectivity index (χ1v) is 9.09. The van der Waals surface area contributed by atoms with E-state index < -0.39 is 6.61 Å². The number of nitrogens with zero attached hydrogens (tertiary/aromatic N) is 2. The lowest BCUT2D eigenvalue weighted by Gasteiger charge is -2.12. The van der Waals surface area contributed by atoms with Crippen LogP contribution in [0.2, 0.25) is 0 Å². The van der Waals surface area contributed by atoms with Crippen LogP contribution in [0.25, 0.3) is 0 Å². The number of halogens is 2. The van der Waals surface area contributed by atoms with E-state index in [1.807, 2.05) is 6.92 Å². The van der Waals surface area contributed by atoms with Gasteiger partial charge < -0.3 is 14.8 Å². The first kappa shape index (κ1) is 20.7. The Morgan fingerprint density at radius 1 is 1.41 bits per heavy atom. The minimum absolute atomic E-state index is 0.0782. The van der Waals surface area contributed by atoms with Gasteiger partial charge in [0.15, 0.2) is 16.7 Å². The fraction of sp³-hybridized carbons (Fsp3) is 0.438. The number of thioether (sulfide) groups is 1. The number of rotatable bonds is 10. The van der Waals surface area contributed by atoms with E-state index in [-0.39, 0.29) is 35.4 Å². The smallest absolute Gasteiger partial charge is 0.387 e. The Hall–Kier alpha value is -2.56. The van der Waals surface area contributed by atoms with Crippen molar-refractivity contribution >= 4 is 17.7 Å². The predicted octanol–water partition coefficient (Wildman–Crippen LogP) is 2.00. The van der Waals surface area contributed by atoms with Crippen LogP contribution in [0.5, 0.6) is 11.5 Å². The predicted molar refractivity (Wildman–Crippen MR) is 95.3 cm³/mol. The zero-order valence-corrected chi connectivity index (χ0v) is 15.6. The van der Waals surface area contributed by atoms with Crippen LogP contribution in [0.4, 0.5) is 8.78 Å². The van der Waals surface area contributed by atoms with Crippen molar-refractivity contribution in [3.8, 4) is 11.5 Å². The van der Waals surface area contributed by atoms with Gasteiger partial charge in [-0.05, 0) is 24.1 Å². The fourth-order valence-electron chi connectivity index (χ4n) is 2.23. The Morgan fingerprint density at radius 2 is 2.19 bits per heavy atom. The molecule has 1 aromatic carbocycles. The van der Waals surface area contributed by atoms with E-state index in [4.69, 9.17) is 4.74 Å². The molecule has 0 atom stereocenters. The minimum atomic E-state index is -2.95. The molecule has 11 heteroatoms. The van der Waals surface area contributed by atoms with Gasteiger partial charge in [-0.25, -0.2) is 9.89 Å².